The summed E-state index contributed by atoms with van der Waals surface area (Å²) in [4.78, 5) is 22.9. The Morgan fingerprint density at radius 1 is 1.33 bits per heavy atom. The fraction of sp³-hybridized carbons (Fsp3) is 0.385. The molecule has 5 nitrogen and oxygen atoms in total. The highest BCUT2D eigenvalue weighted by Crippen LogP contribution is 2.20. The summed E-state index contributed by atoms with van der Waals surface area (Å²) >= 11 is 0. The van der Waals surface area contributed by atoms with Crippen LogP contribution < -0.4 is 5.32 Å². The molecule has 0 radical (unpaired) electrons. The number of aliphatic hydroxyl groups is 1. The smallest absolute Gasteiger partial charge is 0.313 e. The van der Waals surface area contributed by atoms with Crippen molar-refractivity contribution >= 4 is 11.9 Å². The maximum Gasteiger partial charge on any atom is 0.313 e. The molecule has 18 heavy (non-hydrogen) atoms. The molecule has 0 aliphatic carbocycles. The molecule has 98 valence electrons. The van der Waals surface area contributed by atoms with E-state index in [1.165, 1.54) is 13.8 Å². The summed E-state index contributed by atoms with van der Waals surface area (Å²) in [5.41, 5.74) is -0.944. The van der Waals surface area contributed by atoms with Crippen LogP contribution in [0.1, 0.15) is 24.2 Å². The molecule has 0 bridgehead atoms. The number of amides is 1. The standard InChI is InChI=1S/C13H17NO4/c1-9(15)13(2,12(17)18)8-14-11(16)10-6-4-3-5-7-10/h3-7,9,15H,8H2,1-2H3,(H,14,16)(H,17,18)/t9-,13+/m1/s1. The van der Waals surface area contributed by atoms with Crippen molar-refractivity contribution in [3.63, 3.8) is 0 Å². The number of rotatable bonds is 5. The molecule has 0 aliphatic rings. The first-order chi connectivity index (χ1) is 8.38. The molecule has 5 heteroatoms. The second-order valence-electron chi connectivity index (χ2n) is 4.45. The van der Waals surface area contributed by atoms with Crippen LogP contribution in [0.2, 0.25) is 0 Å². The van der Waals surface area contributed by atoms with Gasteiger partial charge in [0, 0.05) is 12.1 Å². The maximum atomic E-state index is 11.8. The molecule has 0 fully saturated rings. The van der Waals surface area contributed by atoms with E-state index in [1.807, 2.05) is 0 Å². The molecule has 3 N–H and O–H groups in total. The molecule has 0 aliphatic heterocycles. The molecule has 0 heterocycles. The van der Waals surface area contributed by atoms with Gasteiger partial charge in [-0.25, -0.2) is 0 Å². The van der Waals surface area contributed by atoms with Gasteiger partial charge in [-0.3, -0.25) is 9.59 Å². The SMILES string of the molecule is C[C@@H](O)[C@](C)(CNC(=O)c1ccccc1)C(=O)O. The molecule has 1 aromatic rings. The number of benzene rings is 1. The van der Waals surface area contributed by atoms with Gasteiger partial charge in [-0.15, -0.1) is 0 Å². The topological polar surface area (TPSA) is 86.6 Å². The number of hydrogen-bond donors (Lipinski definition) is 3. The van der Waals surface area contributed by atoms with Crippen LogP contribution in [0.3, 0.4) is 0 Å². The lowest BCUT2D eigenvalue weighted by Gasteiger charge is -2.27. The summed E-state index contributed by atoms with van der Waals surface area (Å²) in [6.45, 7) is 2.65. The zero-order chi connectivity index (χ0) is 13.8. The molecule has 1 amide bonds. The summed E-state index contributed by atoms with van der Waals surface area (Å²) in [6.07, 6.45) is -1.06. The van der Waals surface area contributed by atoms with Crippen molar-refractivity contribution in [3.05, 3.63) is 35.9 Å². The van der Waals surface area contributed by atoms with Crippen LogP contribution >= 0.6 is 0 Å². The van der Waals surface area contributed by atoms with E-state index in [0.29, 0.717) is 5.56 Å². The van der Waals surface area contributed by atoms with E-state index in [-0.39, 0.29) is 12.5 Å². The number of carboxylic acids is 1. The molecule has 1 aromatic carbocycles. The van der Waals surface area contributed by atoms with E-state index in [2.05, 4.69) is 5.32 Å². The van der Waals surface area contributed by atoms with E-state index in [1.54, 1.807) is 30.3 Å². The number of hydrogen-bond acceptors (Lipinski definition) is 3. The van der Waals surface area contributed by atoms with E-state index in [4.69, 9.17) is 5.11 Å². The van der Waals surface area contributed by atoms with Crippen LogP contribution in [0.25, 0.3) is 0 Å². The molecular weight excluding hydrogens is 234 g/mol. The molecule has 0 saturated carbocycles. The van der Waals surface area contributed by atoms with Crippen LogP contribution in [-0.2, 0) is 4.79 Å². The minimum atomic E-state index is -1.40. The van der Waals surface area contributed by atoms with Gasteiger partial charge in [0.1, 0.15) is 5.41 Å². The molecule has 2 atom stereocenters. The highest BCUT2D eigenvalue weighted by molar-refractivity contribution is 5.94. The highest BCUT2D eigenvalue weighted by atomic mass is 16.4. The van der Waals surface area contributed by atoms with Gasteiger partial charge in [0.2, 0.25) is 0 Å². The molecule has 0 spiro atoms. The lowest BCUT2D eigenvalue weighted by molar-refractivity contribution is -0.153. The van der Waals surface area contributed by atoms with Crippen LogP contribution in [0, 0.1) is 5.41 Å². The Balaban J connectivity index is 2.70. The third-order valence-electron chi connectivity index (χ3n) is 3.06. The molecular formula is C13H17NO4. The van der Waals surface area contributed by atoms with Crippen molar-refractivity contribution in [1.29, 1.82) is 0 Å². The Hall–Kier alpha value is -1.88. The number of carbonyl (C=O) groups is 2. The van der Waals surface area contributed by atoms with Crippen molar-refractivity contribution < 1.29 is 19.8 Å². The Bertz CT molecular complexity index is 430. The first-order valence-corrected chi connectivity index (χ1v) is 5.62. The number of aliphatic hydroxyl groups excluding tert-OH is 1. The van der Waals surface area contributed by atoms with E-state index < -0.39 is 17.5 Å². The highest BCUT2D eigenvalue weighted by Gasteiger charge is 2.38. The van der Waals surface area contributed by atoms with Crippen LogP contribution in [0.4, 0.5) is 0 Å². The van der Waals surface area contributed by atoms with Crippen LogP contribution in [-0.4, -0.2) is 34.7 Å². The van der Waals surface area contributed by atoms with Crippen LogP contribution in [0.15, 0.2) is 30.3 Å². The summed E-state index contributed by atoms with van der Waals surface area (Å²) in [6, 6.07) is 8.50. The zero-order valence-electron chi connectivity index (χ0n) is 10.4. The van der Waals surface area contributed by atoms with Crippen molar-refractivity contribution in [3.8, 4) is 0 Å². The van der Waals surface area contributed by atoms with Crippen molar-refractivity contribution in [1.82, 2.24) is 5.32 Å². The Labute approximate surface area is 105 Å². The van der Waals surface area contributed by atoms with Gasteiger partial charge in [0.25, 0.3) is 5.91 Å². The Morgan fingerprint density at radius 2 is 1.89 bits per heavy atom. The van der Waals surface area contributed by atoms with Gasteiger partial charge in [-0.2, -0.15) is 0 Å². The third kappa shape index (κ3) is 3.07. The summed E-state index contributed by atoms with van der Waals surface area (Å²) in [7, 11) is 0. The zero-order valence-corrected chi connectivity index (χ0v) is 10.4. The number of carboxylic acid groups (broad SMARTS) is 1. The van der Waals surface area contributed by atoms with E-state index >= 15 is 0 Å². The largest absolute Gasteiger partial charge is 0.481 e. The average Bonchev–Trinajstić information content (AvgIpc) is 2.36. The van der Waals surface area contributed by atoms with Crippen molar-refractivity contribution in [2.24, 2.45) is 5.41 Å². The molecule has 0 aromatic heterocycles. The van der Waals surface area contributed by atoms with Crippen molar-refractivity contribution in [2.45, 2.75) is 20.0 Å². The van der Waals surface area contributed by atoms with Crippen molar-refractivity contribution in [2.75, 3.05) is 6.54 Å². The molecule has 1 rings (SSSR count). The Morgan fingerprint density at radius 3 is 2.33 bits per heavy atom. The Kier molecular flexibility index (Phi) is 4.44. The quantitative estimate of drug-likeness (QED) is 0.725. The number of nitrogens with one attached hydrogen (secondary N) is 1. The predicted molar refractivity (Wildman–Crippen MR) is 66.2 cm³/mol. The van der Waals surface area contributed by atoms with Gasteiger partial charge in [0.05, 0.1) is 6.10 Å². The lowest BCUT2D eigenvalue weighted by Crippen LogP contribution is -2.47. The second kappa shape index (κ2) is 5.64. The normalized spacial score (nSPS) is 15.5. The summed E-state index contributed by atoms with van der Waals surface area (Å²) < 4.78 is 0. The fourth-order valence-corrected chi connectivity index (χ4v) is 1.36. The van der Waals surface area contributed by atoms with Gasteiger partial charge >= 0.3 is 5.97 Å². The number of carbonyl (C=O) groups excluding carboxylic acids is 1. The predicted octanol–water partition coefficient (Wildman–Crippen LogP) is 0.888. The number of aliphatic carboxylic acids is 1. The minimum absolute atomic E-state index is 0.131. The fourth-order valence-electron chi connectivity index (χ4n) is 1.36. The summed E-state index contributed by atoms with van der Waals surface area (Å²) in [5, 5.41) is 21.1. The average molecular weight is 251 g/mol. The van der Waals surface area contributed by atoms with E-state index in [0.717, 1.165) is 0 Å². The first kappa shape index (κ1) is 14.2. The minimum Gasteiger partial charge on any atom is -0.481 e. The van der Waals surface area contributed by atoms with Crippen LogP contribution in [0.5, 0.6) is 0 Å². The molecule has 0 saturated heterocycles. The third-order valence-corrected chi connectivity index (χ3v) is 3.06. The lowest BCUT2D eigenvalue weighted by atomic mass is 9.85. The van der Waals surface area contributed by atoms with Gasteiger partial charge < -0.3 is 15.5 Å². The van der Waals surface area contributed by atoms with E-state index in [9.17, 15) is 14.7 Å². The first-order valence-electron chi connectivity index (χ1n) is 5.62. The monoisotopic (exact) mass is 251 g/mol. The molecule has 0 unspecified atom stereocenters. The van der Waals surface area contributed by atoms with Gasteiger partial charge in [-0.1, -0.05) is 18.2 Å². The maximum absolute atomic E-state index is 11.8. The second-order valence-corrected chi connectivity index (χ2v) is 4.45. The van der Waals surface area contributed by atoms with Gasteiger partial charge in [0.15, 0.2) is 0 Å². The van der Waals surface area contributed by atoms with Gasteiger partial charge in [-0.05, 0) is 26.0 Å². The summed E-state index contributed by atoms with van der Waals surface area (Å²) in [5.74, 6) is -1.51.